The Morgan fingerprint density at radius 2 is 1.81 bits per heavy atom. The first-order valence-corrected chi connectivity index (χ1v) is 9.62. The van der Waals surface area contributed by atoms with Crippen molar-refractivity contribution < 1.29 is 9.26 Å². The molecule has 1 spiro atoms. The van der Waals surface area contributed by atoms with Gasteiger partial charge in [-0.05, 0) is 55.5 Å². The van der Waals surface area contributed by atoms with Crippen LogP contribution in [0.15, 0.2) is 53.1 Å². The van der Waals surface area contributed by atoms with Crippen molar-refractivity contribution in [3.05, 3.63) is 65.4 Å². The van der Waals surface area contributed by atoms with Crippen LogP contribution in [-0.2, 0) is 23.4 Å². The van der Waals surface area contributed by atoms with Crippen LogP contribution in [0.3, 0.4) is 0 Å². The minimum absolute atomic E-state index is 0.0323. The second-order valence-electron chi connectivity index (χ2n) is 7.51. The molecule has 2 aliphatic rings. The van der Waals surface area contributed by atoms with Crippen molar-refractivity contribution in [2.75, 3.05) is 19.6 Å². The van der Waals surface area contributed by atoms with E-state index in [9.17, 15) is 0 Å². The highest BCUT2D eigenvalue weighted by Crippen LogP contribution is 2.43. The fraction of sp³-hybridized carbons (Fsp3) is 0.409. The number of aryl methyl sites for hydroxylation is 1. The van der Waals surface area contributed by atoms with Crippen molar-refractivity contribution >= 4 is 11.0 Å². The topological polar surface area (TPSA) is 38.5 Å². The monoisotopic (exact) mass is 348 g/mol. The number of rotatable bonds is 4. The highest BCUT2D eigenvalue weighted by molar-refractivity contribution is 5.79. The molecule has 4 heteroatoms. The molecule has 2 aromatic carbocycles. The number of para-hydroxylation sites is 1. The van der Waals surface area contributed by atoms with Gasteiger partial charge in [0.2, 0.25) is 0 Å². The Kier molecular flexibility index (Phi) is 4.03. The van der Waals surface area contributed by atoms with Gasteiger partial charge in [0.15, 0.2) is 5.58 Å². The minimum Gasteiger partial charge on any atom is -0.365 e. The maximum atomic E-state index is 6.26. The fourth-order valence-electron chi connectivity index (χ4n) is 4.52. The number of aromatic nitrogens is 1. The lowest BCUT2D eigenvalue weighted by molar-refractivity contribution is -0.0788. The van der Waals surface area contributed by atoms with E-state index in [4.69, 9.17) is 9.26 Å². The van der Waals surface area contributed by atoms with Crippen molar-refractivity contribution in [3.8, 4) is 0 Å². The first kappa shape index (κ1) is 16.0. The van der Waals surface area contributed by atoms with Gasteiger partial charge in [0.1, 0.15) is 0 Å². The highest BCUT2D eigenvalue weighted by Gasteiger charge is 2.42. The summed E-state index contributed by atoms with van der Waals surface area (Å²) in [5, 5.41) is 5.40. The molecule has 1 fully saturated rings. The second-order valence-corrected chi connectivity index (χ2v) is 7.51. The van der Waals surface area contributed by atoms with Gasteiger partial charge in [-0.15, -0.1) is 0 Å². The van der Waals surface area contributed by atoms with Gasteiger partial charge in [-0.3, -0.25) is 0 Å². The van der Waals surface area contributed by atoms with Crippen LogP contribution in [0.4, 0.5) is 0 Å². The molecule has 5 rings (SSSR count). The second kappa shape index (κ2) is 6.53. The molecule has 0 unspecified atom stereocenters. The zero-order valence-corrected chi connectivity index (χ0v) is 15.0. The molecule has 0 N–H and O–H groups in total. The summed E-state index contributed by atoms with van der Waals surface area (Å²) in [5.41, 5.74) is 4.74. The molecule has 3 aromatic rings. The van der Waals surface area contributed by atoms with Crippen LogP contribution in [0.25, 0.3) is 11.0 Å². The molecule has 0 atom stereocenters. The molecular formula is C22H24N2O2. The van der Waals surface area contributed by atoms with E-state index in [1.54, 1.807) is 0 Å². The van der Waals surface area contributed by atoms with Crippen LogP contribution in [-0.4, -0.2) is 29.7 Å². The Morgan fingerprint density at radius 1 is 1.00 bits per heavy atom. The zero-order valence-electron chi connectivity index (χ0n) is 15.0. The standard InChI is InChI=1S/C22H24N2O2/c1-3-8-19-17(6-1)16-25-22(19)11-14-24(15-12-22)13-5-9-20-18-7-2-4-10-21(18)26-23-20/h1-4,6-8,10H,5,9,11-16H2. The van der Waals surface area contributed by atoms with Gasteiger partial charge >= 0.3 is 0 Å². The minimum atomic E-state index is -0.0323. The van der Waals surface area contributed by atoms with Crippen molar-refractivity contribution in [1.82, 2.24) is 10.1 Å². The Labute approximate surface area is 153 Å². The van der Waals surface area contributed by atoms with E-state index in [-0.39, 0.29) is 5.60 Å². The van der Waals surface area contributed by atoms with Crippen LogP contribution < -0.4 is 0 Å². The summed E-state index contributed by atoms with van der Waals surface area (Å²) in [4.78, 5) is 2.57. The van der Waals surface area contributed by atoms with Gasteiger partial charge in [0.05, 0.1) is 17.9 Å². The Bertz CT molecular complexity index is 909. The first-order valence-electron chi connectivity index (χ1n) is 9.62. The number of ether oxygens (including phenoxy) is 1. The highest BCUT2D eigenvalue weighted by atomic mass is 16.5. The Balaban J connectivity index is 1.17. The van der Waals surface area contributed by atoms with Gasteiger partial charge < -0.3 is 14.2 Å². The quantitative estimate of drug-likeness (QED) is 0.705. The number of fused-ring (bicyclic) bond motifs is 3. The Morgan fingerprint density at radius 3 is 2.73 bits per heavy atom. The lowest BCUT2D eigenvalue weighted by Gasteiger charge is -2.39. The molecule has 0 amide bonds. The lowest BCUT2D eigenvalue weighted by atomic mass is 9.84. The molecule has 0 saturated carbocycles. The largest absolute Gasteiger partial charge is 0.365 e. The number of benzene rings is 2. The summed E-state index contributed by atoms with van der Waals surface area (Å²) in [5.74, 6) is 0. The van der Waals surface area contributed by atoms with E-state index < -0.39 is 0 Å². The molecule has 1 aromatic heterocycles. The van der Waals surface area contributed by atoms with E-state index in [0.29, 0.717) is 0 Å². The number of piperidine rings is 1. The predicted molar refractivity (Wildman–Crippen MR) is 101 cm³/mol. The molecule has 0 bridgehead atoms. The van der Waals surface area contributed by atoms with Gasteiger partial charge in [-0.1, -0.05) is 41.6 Å². The van der Waals surface area contributed by atoms with Crippen molar-refractivity contribution in [2.24, 2.45) is 0 Å². The normalized spacial score (nSPS) is 19.2. The third-order valence-electron chi connectivity index (χ3n) is 6.02. The van der Waals surface area contributed by atoms with Crippen molar-refractivity contribution in [2.45, 2.75) is 37.9 Å². The summed E-state index contributed by atoms with van der Waals surface area (Å²) in [6.07, 6.45) is 4.27. The maximum Gasteiger partial charge on any atom is 0.167 e. The maximum absolute atomic E-state index is 6.26. The van der Waals surface area contributed by atoms with Gasteiger partial charge in [0.25, 0.3) is 0 Å². The molecule has 134 valence electrons. The number of hydrogen-bond donors (Lipinski definition) is 0. The van der Waals surface area contributed by atoms with E-state index in [1.807, 2.05) is 18.2 Å². The summed E-state index contributed by atoms with van der Waals surface area (Å²) >= 11 is 0. The van der Waals surface area contributed by atoms with E-state index in [2.05, 4.69) is 40.4 Å². The lowest BCUT2D eigenvalue weighted by Crippen LogP contribution is -2.42. The SMILES string of the molecule is c1ccc2c(c1)COC21CCN(CCCc2noc3ccccc23)CC1. The molecular weight excluding hydrogens is 324 g/mol. The summed E-state index contributed by atoms with van der Waals surface area (Å²) in [6.45, 7) is 4.09. The molecule has 4 nitrogen and oxygen atoms in total. The van der Waals surface area contributed by atoms with Crippen LogP contribution >= 0.6 is 0 Å². The molecule has 26 heavy (non-hydrogen) atoms. The Hall–Kier alpha value is -2.17. The number of hydrogen-bond acceptors (Lipinski definition) is 4. The first-order chi connectivity index (χ1) is 12.8. The predicted octanol–water partition coefficient (Wildman–Crippen LogP) is 4.28. The zero-order chi connectivity index (χ0) is 17.4. The van der Waals surface area contributed by atoms with Crippen LogP contribution in [0.5, 0.6) is 0 Å². The van der Waals surface area contributed by atoms with Crippen LogP contribution in [0.1, 0.15) is 36.1 Å². The third kappa shape index (κ3) is 2.74. The van der Waals surface area contributed by atoms with Crippen molar-refractivity contribution in [1.29, 1.82) is 0 Å². The molecule has 0 aliphatic carbocycles. The van der Waals surface area contributed by atoms with Crippen LogP contribution in [0.2, 0.25) is 0 Å². The number of nitrogens with zero attached hydrogens (tertiary/aromatic N) is 2. The fourth-order valence-corrected chi connectivity index (χ4v) is 4.52. The third-order valence-corrected chi connectivity index (χ3v) is 6.02. The van der Waals surface area contributed by atoms with Crippen LogP contribution in [0, 0.1) is 0 Å². The number of likely N-dealkylation sites (tertiary alicyclic amines) is 1. The van der Waals surface area contributed by atoms with Gasteiger partial charge in [-0.2, -0.15) is 0 Å². The molecule has 3 heterocycles. The van der Waals surface area contributed by atoms with Crippen molar-refractivity contribution in [3.63, 3.8) is 0 Å². The molecule has 0 radical (unpaired) electrons. The smallest absolute Gasteiger partial charge is 0.167 e. The van der Waals surface area contributed by atoms with E-state index in [0.717, 1.165) is 68.6 Å². The molecule has 2 aliphatic heterocycles. The average molecular weight is 348 g/mol. The van der Waals surface area contributed by atoms with Gasteiger partial charge in [0, 0.05) is 18.5 Å². The summed E-state index contributed by atoms with van der Waals surface area (Å²) < 4.78 is 11.7. The van der Waals surface area contributed by atoms with Gasteiger partial charge in [-0.25, -0.2) is 0 Å². The molecule has 1 saturated heterocycles. The average Bonchev–Trinajstić information content (AvgIpc) is 3.26. The van der Waals surface area contributed by atoms with E-state index >= 15 is 0 Å². The summed E-state index contributed by atoms with van der Waals surface area (Å²) in [6, 6.07) is 16.8. The van der Waals surface area contributed by atoms with E-state index in [1.165, 1.54) is 11.1 Å². The summed E-state index contributed by atoms with van der Waals surface area (Å²) in [7, 11) is 0.